The Labute approximate surface area is 174 Å². The first-order valence-corrected chi connectivity index (χ1v) is 10.4. The molecule has 0 radical (unpaired) electrons. The van der Waals surface area contributed by atoms with Crippen molar-refractivity contribution < 1.29 is 4.79 Å². The van der Waals surface area contributed by atoms with Crippen molar-refractivity contribution >= 4 is 22.6 Å². The predicted molar refractivity (Wildman–Crippen MR) is 117 cm³/mol. The van der Waals surface area contributed by atoms with E-state index in [9.17, 15) is 14.4 Å². The molecule has 1 fully saturated rings. The summed E-state index contributed by atoms with van der Waals surface area (Å²) in [6.07, 6.45) is 2.70. The summed E-state index contributed by atoms with van der Waals surface area (Å²) >= 11 is 0. The van der Waals surface area contributed by atoms with Gasteiger partial charge in [-0.2, -0.15) is 0 Å². The van der Waals surface area contributed by atoms with E-state index in [1.807, 2.05) is 39.8 Å². The van der Waals surface area contributed by atoms with Gasteiger partial charge in [0, 0.05) is 23.8 Å². The summed E-state index contributed by atoms with van der Waals surface area (Å²) < 4.78 is 1.46. The van der Waals surface area contributed by atoms with Crippen LogP contribution >= 0.6 is 0 Å². The van der Waals surface area contributed by atoms with Crippen molar-refractivity contribution in [2.24, 2.45) is 0 Å². The molecule has 2 heterocycles. The van der Waals surface area contributed by atoms with Crippen molar-refractivity contribution in [3.8, 4) is 0 Å². The quantitative estimate of drug-likeness (QED) is 0.677. The van der Waals surface area contributed by atoms with Crippen LogP contribution in [0, 0.1) is 20.8 Å². The van der Waals surface area contributed by atoms with Gasteiger partial charge in [-0.3, -0.25) is 19.1 Å². The minimum atomic E-state index is -0.584. The summed E-state index contributed by atoms with van der Waals surface area (Å²) in [6, 6.07) is 5.73. The van der Waals surface area contributed by atoms with Crippen molar-refractivity contribution in [2.75, 3.05) is 5.32 Å². The van der Waals surface area contributed by atoms with E-state index in [0.29, 0.717) is 13.0 Å². The zero-order valence-corrected chi connectivity index (χ0v) is 17.8. The molecule has 0 bridgehead atoms. The third kappa shape index (κ3) is 3.56. The molecular weight excluding hydrogens is 380 g/mol. The zero-order valence-electron chi connectivity index (χ0n) is 17.8. The maximum Gasteiger partial charge on any atom is 0.329 e. The van der Waals surface area contributed by atoms with Crippen LogP contribution in [0.2, 0.25) is 0 Å². The number of nitrogens with one attached hydrogen (secondary N) is 2. The van der Waals surface area contributed by atoms with Gasteiger partial charge in [-0.1, -0.05) is 24.6 Å². The van der Waals surface area contributed by atoms with Gasteiger partial charge in [-0.05, 0) is 57.2 Å². The highest BCUT2D eigenvalue weighted by atomic mass is 16.2. The normalized spacial score (nSPS) is 13.6. The standard InChI is InChI=1S/C23H26N4O3/c1-5-8-27-20-18(22(29)26-23(27)30)16(11-17(24-20)15-6-7-15)21(28)25-19-13(3)9-12(2)10-14(19)4/h9-11,15H,5-8H2,1-4H3,(H,25,28)(H,26,29,30). The maximum atomic E-state index is 13.3. The van der Waals surface area contributed by atoms with Crippen LogP contribution in [0.5, 0.6) is 0 Å². The lowest BCUT2D eigenvalue weighted by Gasteiger charge is -2.15. The molecule has 156 valence electrons. The number of pyridine rings is 1. The molecule has 2 N–H and O–H groups in total. The van der Waals surface area contributed by atoms with E-state index in [-0.39, 0.29) is 28.4 Å². The number of carbonyl (C=O) groups is 1. The third-order valence-corrected chi connectivity index (χ3v) is 5.57. The summed E-state index contributed by atoms with van der Waals surface area (Å²) in [7, 11) is 0. The SMILES string of the molecule is CCCn1c(=O)[nH]c(=O)c2c(C(=O)Nc3c(C)cc(C)cc3C)cc(C3CC3)nc21. The Morgan fingerprint density at radius 3 is 2.43 bits per heavy atom. The summed E-state index contributed by atoms with van der Waals surface area (Å²) in [5, 5.41) is 3.15. The Bertz CT molecular complexity index is 1260. The molecule has 0 spiro atoms. The van der Waals surface area contributed by atoms with E-state index in [0.717, 1.165) is 40.9 Å². The first-order valence-electron chi connectivity index (χ1n) is 10.4. The van der Waals surface area contributed by atoms with Crippen molar-refractivity contribution in [3.63, 3.8) is 0 Å². The van der Waals surface area contributed by atoms with Crippen molar-refractivity contribution in [1.29, 1.82) is 0 Å². The molecule has 0 aliphatic heterocycles. The van der Waals surface area contributed by atoms with Crippen LogP contribution in [0.15, 0.2) is 27.8 Å². The number of aromatic amines is 1. The Morgan fingerprint density at radius 1 is 1.17 bits per heavy atom. The average molecular weight is 406 g/mol. The number of nitrogens with zero attached hydrogens (tertiary/aromatic N) is 2. The van der Waals surface area contributed by atoms with E-state index >= 15 is 0 Å². The molecular formula is C23H26N4O3. The van der Waals surface area contributed by atoms with Gasteiger partial charge >= 0.3 is 5.69 Å². The molecule has 0 unspecified atom stereocenters. The van der Waals surface area contributed by atoms with E-state index < -0.39 is 11.2 Å². The fourth-order valence-corrected chi connectivity index (χ4v) is 4.05. The monoisotopic (exact) mass is 406 g/mol. The molecule has 3 aromatic rings. The zero-order chi connectivity index (χ0) is 21.6. The Hall–Kier alpha value is -3.22. The van der Waals surface area contributed by atoms with Gasteiger partial charge in [0.05, 0.1) is 10.9 Å². The van der Waals surface area contributed by atoms with Crippen LogP contribution in [0.3, 0.4) is 0 Å². The lowest BCUT2D eigenvalue weighted by Crippen LogP contribution is -2.32. The second-order valence-electron chi connectivity index (χ2n) is 8.21. The smallest absolute Gasteiger partial charge is 0.321 e. The van der Waals surface area contributed by atoms with Crippen molar-refractivity contribution in [2.45, 2.75) is 59.4 Å². The second-order valence-corrected chi connectivity index (χ2v) is 8.21. The van der Waals surface area contributed by atoms with Gasteiger partial charge in [0.2, 0.25) is 0 Å². The van der Waals surface area contributed by atoms with Crippen LogP contribution in [0.1, 0.15) is 64.8 Å². The van der Waals surface area contributed by atoms with E-state index in [4.69, 9.17) is 0 Å². The number of carbonyl (C=O) groups excluding carboxylic acids is 1. The van der Waals surface area contributed by atoms with Gasteiger partial charge in [-0.25, -0.2) is 9.78 Å². The van der Waals surface area contributed by atoms with Gasteiger partial charge in [0.25, 0.3) is 11.5 Å². The molecule has 2 aromatic heterocycles. The van der Waals surface area contributed by atoms with Crippen LogP contribution < -0.4 is 16.6 Å². The summed E-state index contributed by atoms with van der Waals surface area (Å²) in [5.41, 5.74) is 4.00. The number of rotatable bonds is 5. The predicted octanol–water partition coefficient (Wildman–Crippen LogP) is 3.55. The second kappa shape index (κ2) is 7.55. The number of anilines is 1. The first kappa shape index (κ1) is 20.1. The summed E-state index contributed by atoms with van der Waals surface area (Å²) in [6.45, 7) is 8.27. The number of hydrogen-bond acceptors (Lipinski definition) is 4. The number of amides is 1. The fraction of sp³-hybridized carbons (Fsp3) is 0.391. The topological polar surface area (TPSA) is 96.9 Å². The lowest BCUT2D eigenvalue weighted by molar-refractivity contribution is 0.102. The van der Waals surface area contributed by atoms with Gasteiger partial charge in [-0.15, -0.1) is 0 Å². The van der Waals surface area contributed by atoms with E-state index in [2.05, 4.69) is 15.3 Å². The molecule has 1 aromatic carbocycles. The molecule has 0 saturated heterocycles. The maximum absolute atomic E-state index is 13.3. The highest BCUT2D eigenvalue weighted by molar-refractivity contribution is 6.12. The lowest BCUT2D eigenvalue weighted by atomic mass is 10.0. The van der Waals surface area contributed by atoms with Crippen LogP contribution in [0.4, 0.5) is 5.69 Å². The van der Waals surface area contributed by atoms with E-state index in [1.54, 1.807) is 6.07 Å². The molecule has 1 aliphatic carbocycles. The minimum Gasteiger partial charge on any atom is -0.321 e. The summed E-state index contributed by atoms with van der Waals surface area (Å²) in [4.78, 5) is 45.5. The van der Waals surface area contributed by atoms with Crippen LogP contribution in [0.25, 0.3) is 11.0 Å². The number of hydrogen-bond donors (Lipinski definition) is 2. The van der Waals surface area contributed by atoms with Gasteiger partial charge in [0.1, 0.15) is 0 Å². The Balaban J connectivity index is 1.92. The molecule has 1 saturated carbocycles. The van der Waals surface area contributed by atoms with Crippen molar-refractivity contribution in [3.05, 3.63) is 67.0 Å². The van der Waals surface area contributed by atoms with Crippen LogP contribution in [-0.4, -0.2) is 20.4 Å². The average Bonchev–Trinajstić information content (AvgIpc) is 3.52. The number of aromatic nitrogens is 3. The highest BCUT2D eigenvalue weighted by Gasteiger charge is 2.29. The summed E-state index contributed by atoms with van der Waals surface area (Å²) in [5.74, 6) is -0.0974. The van der Waals surface area contributed by atoms with Gasteiger partial charge < -0.3 is 5.32 Å². The van der Waals surface area contributed by atoms with Crippen LogP contribution in [-0.2, 0) is 6.54 Å². The molecule has 30 heavy (non-hydrogen) atoms. The number of H-pyrrole nitrogens is 1. The molecule has 4 rings (SSSR count). The number of benzene rings is 1. The van der Waals surface area contributed by atoms with Gasteiger partial charge in [0.15, 0.2) is 5.65 Å². The van der Waals surface area contributed by atoms with E-state index in [1.165, 1.54) is 4.57 Å². The number of aryl methyl sites for hydroxylation is 4. The molecule has 1 aliphatic rings. The Morgan fingerprint density at radius 2 is 1.83 bits per heavy atom. The number of fused-ring (bicyclic) bond motifs is 1. The fourth-order valence-electron chi connectivity index (χ4n) is 4.05. The third-order valence-electron chi connectivity index (χ3n) is 5.57. The Kier molecular flexibility index (Phi) is 5.05. The first-order chi connectivity index (χ1) is 14.3. The minimum absolute atomic E-state index is 0.160. The van der Waals surface area contributed by atoms with Crippen molar-refractivity contribution in [1.82, 2.24) is 14.5 Å². The molecule has 1 amide bonds. The highest BCUT2D eigenvalue weighted by Crippen LogP contribution is 2.40. The molecule has 7 nitrogen and oxygen atoms in total. The largest absolute Gasteiger partial charge is 0.329 e. The molecule has 7 heteroatoms. The molecule has 0 atom stereocenters.